The van der Waals surface area contributed by atoms with Crippen molar-refractivity contribution in [2.24, 2.45) is 5.92 Å². The molecule has 7 nitrogen and oxygen atoms in total. The molecular formula is C15H21ClN4O3. The number of nitrogens with zero attached hydrogens (tertiary/aromatic N) is 4. The van der Waals surface area contributed by atoms with Crippen LogP contribution in [0.25, 0.3) is 0 Å². The molecule has 0 saturated carbocycles. The van der Waals surface area contributed by atoms with Gasteiger partial charge < -0.3 is 9.64 Å². The van der Waals surface area contributed by atoms with Gasteiger partial charge in [-0.05, 0) is 18.8 Å². The van der Waals surface area contributed by atoms with Gasteiger partial charge in [-0.1, -0.05) is 11.6 Å². The Morgan fingerprint density at radius 1 is 1.39 bits per heavy atom. The van der Waals surface area contributed by atoms with Gasteiger partial charge in [-0.2, -0.15) is 0 Å². The van der Waals surface area contributed by atoms with Gasteiger partial charge in [0.15, 0.2) is 0 Å². The van der Waals surface area contributed by atoms with Crippen molar-refractivity contribution in [1.82, 2.24) is 9.88 Å². The monoisotopic (exact) mass is 340 g/mol. The molecule has 3 heterocycles. The Balaban J connectivity index is 1.64. The summed E-state index contributed by atoms with van der Waals surface area (Å²) < 4.78 is 5.39. The number of nitro groups is 1. The highest BCUT2D eigenvalue weighted by Crippen LogP contribution is 2.30. The first-order valence-electron chi connectivity index (χ1n) is 7.98. The average molecular weight is 341 g/mol. The summed E-state index contributed by atoms with van der Waals surface area (Å²) in [5.74, 6) is 1.22. The van der Waals surface area contributed by atoms with Crippen molar-refractivity contribution in [3.05, 3.63) is 27.4 Å². The van der Waals surface area contributed by atoms with Gasteiger partial charge in [-0.25, -0.2) is 4.98 Å². The standard InChI is InChI=1S/C15H21ClN4O3/c16-14-8-13(20(21)22)9-17-15(14)19-3-1-2-12(11-19)10-18-4-6-23-7-5-18/h8-9,12H,1-7,10-11H2. The minimum Gasteiger partial charge on any atom is -0.379 e. The number of anilines is 1. The highest BCUT2D eigenvalue weighted by molar-refractivity contribution is 6.33. The first-order valence-corrected chi connectivity index (χ1v) is 8.36. The summed E-state index contributed by atoms with van der Waals surface area (Å²) in [5.41, 5.74) is -0.0689. The van der Waals surface area contributed by atoms with Crippen molar-refractivity contribution in [2.75, 3.05) is 50.8 Å². The zero-order valence-corrected chi connectivity index (χ0v) is 13.7. The Kier molecular flexibility index (Phi) is 5.30. The maximum Gasteiger partial charge on any atom is 0.289 e. The lowest BCUT2D eigenvalue weighted by Gasteiger charge is -2.37. The second-order valence-corrected chi connectivity index (χ2v) is 6.53. The SMILES string of the molecule is O=[N+]([O-])c1cnc(N2CCCC(CN3CCOCC3)C2)c(Cl)c1. The van der Waals surface area contributed by atoms with Gasteiger partial charge in [-0.3, -0.25) is 15.0 Å². The van der Waals surface area contributed by atoms with E-state index in [2.05, 4.69) is 14.8 Å². The summed E-state index contributed by atoms with van der Waals surface area (Å²) in [6, 6.07) is 1.38. The average Bonchev–Trinajstić information content (AvgIpc) is 2.56. The zero-order valence-electron chi connectivity index (χ0n) is 13.0. The molecule has 2 saturated heterocycles. The number of ether oxygens (including phenoxy) is 1. The lowest BCUT2D eigenvalue weighted by Crippen LogP contribution is -2.44. The van der Waals surface area contributed by atoms with Crippen molar-refractivity contribution >= 4 is 23.1 Å². The van der Waals surface area contributed by atoms with Crippen LogP contribution in [0.3, 0.4) is 0 Å². The number of hydrogen-bond donors (Lipinski definition) is 0. The summed E-state index contributed by atoms with van der Waals surface area (Å²) in [7, 11) is 0. The summed E-state index contributed by atoms with van der Waals surface area (Å²) in [4.78, 5) is 19.1. The van der Waals surface area contributed by atoms with E-state index in [9.17, 15) is 10.1 Å². The molecule has 0 amide bonds. The number of halogens is 1. The molecule has 3 rings (SSSR count). The van der Waals surface area contributed by atoms with E-state index >= 15 is 0 Å². The minimum absolute atomic E-state index is 0.0689. The van der Waals surface area contributed by atoms with Crippen LogP contribution in [0.2, 0.25) is 5.02 Å². The van der Waals surface area contributed by atoms with Crippen LogP contribution >= 0.6 is 11.6 Å². The molecule has 0 aromatic carbocycles. The Bertz CT molecular complexity index is 566. The maximum absolute atomic E-state index is 10.8. The first-order chi connectivity index (χ1) is 11.1. The second kappa shape index (κ2) is 7.42. The molecule has 1 atom stereocenters. The Labute approximate surface area is 140 Å². The van der Waals surface area contributed by atoms with Crippen molar-refractivity contribution in [3.8, 4) is 0 Å². The van der Waals surface area contributed by atoms with Crippen molar-refractivity contribution in [2.45, 2.75) is 12.8 Å². The summed E-state index contributed by atoms with van der Waals surface area (Å²) in [6.45, 7) is 6.45. The van der Waals surface area contributed by atoms with Crippen molar-refractivity contribution in [1.29, 1.82) is 0 Å². The van der Waals surface area contributed by atoms with Crippen LogP contribution in [0.1, 0.15) is 12.8 Å². The summed E-state index contributed by atoms with van der Waals surface area (Å²) in [6.07, 6.45) is 3.56. The number of aromatic nitrogens is 1. The van der Waals surface area contributed by atoms with Crippen LogP contribution < -0.4 is 4.90 Å². The largest absolute Gasteiger partial charge is 0.379 e. The molecule has 2 aliphatic heterocycles. The number of morpholine rings is 1. The molecule has 2 fully saturated rings. The summed E-state index contributed by atoms with van der Waals surface area (Å²) >= 11 is 6.21. The predicted molar refractivity (Wildman–Crippen MR) is 88.1 cm³/mol. The molecule has 1 aromatic heterocycles. The fraction of sp³-hybridized carbons (Fsp3) is 0.667. The molecule has 8 heteroatoms. The first kappa shape index (κ1) is 16.4. The molecule has 0 bridgehead atoms. The van der Waals surface area contributed by atoms with Gasteiger partial charge in [0, 0.05) is 38.8 Å². The molecule has 0 aliphatic carbocycles. The zero-order chi connectivity index (χ0) is 16.2. The Morgan fingerprint density at radius 3 is 2.87 bits per heavy atom. The van der Waals surface area contributed by atoms with Crippen LogP contribution in [0.5, 0.6) is 0 Å². The van der Waals surface area contributed by atoms with Crippen molar-refractivity contribution in [3.63, 3.8) is 0 Å². The third-order valence-electron chi connectivity index (χ3n) is 4.46. The van der Waals surface area contributed by atoms with Gasteiger partial charge in [0.1, 0.15) is 12.0 Å². The second-order valence-electron chi connectivity index (χ2n) is 6.12. The molecule has 23 heavy (non-hydrogen) atoms. The van der Waals surface area contributed by atoms with Crippen molar-refractivity contribution < 1.29 is 9.66 Å². The van der Waals surface area contributed by atoms with Gasteiger partial charge in [0.05, 0.1) is 23.2 Å². The number of piperidine rings is 1. The lowest BCUT2D eigenvalue weighted by atomic mass is 9.97. The Hall–Kier alpha value is -1.44. The van der Waals surface area contributed by atoms with E-state index in [0.29, 0.717) is 16.8 Å². The molecule has 1 aromatic rings. The fourth-order valence-electron chi connectivity index (χ4n) is 3.31. The van der Waals surface area contributed by atoms with Crippen LogP contribution in [0.4, 0.5) is 11.5 Å². The molecule has 2 aliphatic rings. The van der Waals surface area contributed by atoms with Gasteiger partial charge in [-0.15, -0.1) is 0 Å². The molecule has 0 radical (unpaired) electrons. The van der Waals surface area contributed by atoms with Gasteiger partial charge >= 0.3 is 0 Å². The van der Waals surface area contributed by atoms with E-state index in [-0.39, 0.29) is 5.69 Å². The van der Waals surface area contributed by atoms with Crippen LogP contribution in [0, 0.1) is 16.0 Å². The number of pyridine rings is 1. The van der Waals surface area contributed by atoms with Crippen LogP contribution in [0.15, 0.2) is 12.3 Å². The van der Waals surface area contributed by atoms with E-state index in [1.807, 2.05) is 0 Å². The van der Waals surface area contributed by atoms with E-state index in [1.54, 1.807) is 0 Å². The molecule has 0 N–H and O–H groups in total. The number of hydrogen-bond acceptors (Lipinski definition) is 6. The maximum atomic E-state index is 10.8. The fourth-order valence-corrected chi connectivity index (χ4v) is 3.59. The van der Waals surface area contributed by atoms with Crippen LogP contribution in [-0.4, -0.2) is 60.7 Å². The molecule has 1 unspecified atom stereocenters. The lowest BCUT2D eigenvalue weighted by molar-refractivity contribution is -0.385. The smallest absolute Gasteiger partial charge is 0.289 e. The molecule has 0 spiro atoms. The van der Waals surface area contributed by atoms with E-state index < -0.39 is 4.92 Å². The minimum atomic E-state index is -0.472. The molecule has 126 valence electrons. The van der Waals surface area contributed by atoms with E-state index in [1.165, 1.54) is 18.7 Å². The predicted octanol–water partition coefficient (Wildman–Crippen LogP) is 2.19. The molecular weight excluding hydrogens is 320 g/mol. The normalized spacial score (nSPS) is 23.0. The Morgan fingerprint density at radius 2 is 2.17 bits per heavy atom. The third kappa shape index (κ3) is 4.10. The quantitative estimate of drug-likeness (QED) is 0.618. The van der Waals surface area contributed by atoms with Crippen LogP contribution in [-0.2, 0) is 4.74 Å². The van der Waals surface area contributed by atoms with E-state index in [0.717, 1.165) is 52.4 Å². The van der Waals surface area contributed by atoms with Gasteiger partial charge in [0.2, 0.25) is 0 Å². The highest BCUT2D eigenvalue weighted by Gasteiger charge is 2.25. The third-order valence-corrected chi connectivity index (χ3v) is 4.73. The summed E-state index contributed by atoms with van der Waals surface area (Å²) in [5, 5.41) is 11.1. The number of rotatable bonds is 4. The van der Waals surface area contributed by atoms with Gasteiger partial charge in [0.25, 0.3) is 5.69 Å². The topological polar surface area (TPSA) is 71.7 Å². The van der Waals surface area contributed by atoms with E-state index in [4.69, 9.17) is 16.3 Å². The highest BCUT2D eigenvalue weighted by atomic mass is 35.5.